The quantitative estimate of drug-likeness (QED) is 0.745. The van der Waals surface area contributed by atoms with Gasteiger partial charge in [0, 0.05) is 19.6 Å². The van der Waals surface area contributed by atoms with Crippen molar-refractivity contribution >= 4 is 20.0 Å². The summed E-state index contributed by atoms with van der Waals surface area (Å²) in [4.78, 5) is 2.02. The van der Waals surface area contributed by atoms with Crippen LogP contribution in [0.15, 0.2) is 53.4 Å². The van der Waals surface area contributed by atoms with E-state index in [1.54, 1.807) is 24.3 Å². The van der Waals surface area contributed by atoms with E-state index in [4.69, 9.17) is 5.14 Å². The molecule has 2 aromatic carbocycles. The highest BCUT2D eigenvalue weighted by atomic mass is 32.2. The molecule has 0 aromatic heterocycles. The Morgan fingerprint density at radius 1 is 1.00 bits per heavy atom. The normalized spacial score (nSPS) is 18.2. The summed E-state index contributed by atoms with van der Waals surface area (Å²) in [6.07, 6.45) is 0.453. The van der Waals surface area contributed by atoms with Crippen molar-refractivity contribution in [3.8, 4) is 0 Å². The molecule has 2 N–H and O–H groups in total. The molecule has 0 bridgehead atoms. The van der Waals surface area contributed by atoms with Crippen LogP contribution in [0.2, 0.25) is 0 Å². The fourth-order valence-electron chi connectivity index (χ4n) is 3.04. The molecule has 2 aromatic rings. The Morgan fingerprint density at radius 2 is 1.61 bits per heavy atom. The first-order valence-corrected chi connectivity index (χ1v) is 11.9. The van der Waals surface area contributed by atoms with Gasteiger partial charge in [-0.25, -0.2) is 26.4 Å². The smallest absolute Gasteiger partial charge is 0.238 e. The SMILES string of the molecule is NS(=O)(=O)c1ccc(CCN2CN(Cc3ccc(F)cc3)CCS2(=O)=O)cc1. The van der Waals surface area contributed by atoms with Crippen LogP contribution in [0, 0.1) is 5.82 Å². The van der Waals surface area contributed by atoms with Crippen molar-refractivity contribution in [2.75, 3.05) is 25.5 Å². The molecule has 1 fully saturated rings. The second-order valence-corrected chi connectivity index (χ2v) is 10.4. The van der Waals surface area contributed by atoms with Gasteiger partial charge in [0.2, 0.25) is 20.0 Å². The molecular weight excluding hydrogens is 405 g/mol. The number of halogens is 1. The van der Waals surface area contributed by atoms with E-state index in [9.17, 15) is 21.2 Å². The van der Waals surface area contributed by atoms with Crippen molar-refractivity contribution in [2.45, 2.75) is 17.9 Å². The van der Waals surface area contributed by atoms with E-state index in [1.807, 2.05) is 4.90 Å². The zero-order valence-corrected chi connectivity index (χ0v) is 16.8. The highest BCUT2D eigenvalue weighted by Crippen LogP contribution is 2.16. The lowest BCUT2D eigenvalue weighted by Gasteiger charge is -2.35. The van der Waals surface area contributed by atoms with Gasteiger partial charge in [0.05, 0.1) is 17.3 Å². The molecule has 1 aliphatic heterocycles. The Kier molecular flexibility index (Phi) is 6.15. The number of nitrogens with two attached hydrogens (primary N) is 1. The molecule has 3 rings (SSSR count). The van der Waals surface area contributed by atoms with Gasteiger partial charge in [0.1, 0.15) is 5.82 Å². The Labute approximate surface area is 164 Å². The summed E-state index contributed by atoms with van der Waals surface area (Å²) in [6.45, 7) is 1.50. The third kappa shape index (κ3) is 5.36. The van der Waals surface area contributed by atoms with Crippen LogP contribution in [-0.2, 0) is 33.0 Å². The van der Waals surface area contributed by atoms with Crippen LogP contribution >= 0.6 is 0 Å². The van der Waals surface area contributed by atoms with Crippen LogP contribution in [0.1, 0.15) is 11.1 Å². The first-order valence-electron chi connectivity index (χ1n) is 8.70. The molecule has 1 aliphatic rings. The molecule has 0 aliphatic carbocycles. The minimum atomic E-state index is -3.75. The minimum absolute atomic E-state index is 0.0207. The molecule has 0 radical (unpaired) electrons. The fraction of sp³-hybridized carbons (Fsp3) is 0.333. The minimum Gasteiger partial charge on any atom is -0.284 e. The Bertz CT molecular complexity index is 1020. The number of nitrogens with zero attached hydrogens (tertiary/aromatic N) is 2. The monoisotopic (exact) mass is 427 g/mol. The van der Waals surface area contributed by atoms with Gasteiger partial charge in [-0.2, -0.15) is 4.31 Å². The third-order valence-electron chi connectivity index (χ3n) is 4.64. The van der Waals surface area contributed by atoms with Crippen molar-refractivity contribution < 1.29 is 21.2 Å². The van der Waals surface area contributed by atoms with Crippen molar-refractivity contribution in [1.82, 2.24) is 9.21 Å². The highest BCUT2D eigenvalue weighted by Gasteiger charge is 2.29. The zero-order chi connectivity index (χ0) is 20.4. The summed E-state index contributed by atoms with van der Waals surface area (Å²) in [5.74, 6) is -0.279. The van der Waals surface area contributed by atoms with Crippen LogP contribution in [0.3, 0.4) is 0 Å². The van der Waals surface area contributed by atoms with E-state index in [0.717, 1.165) is 11.1 Å². The Morgan fingerprint density at radius 3 is 2.21 bits per heavy atom. The predicted molar refractivity (Wildman–Crippen MR) is 104 cm³/mol. The predicted octanol–water partition coefficient (Wildman–Crippen LogP) is 1.12. The van der Waals surface area contributed by atoms with Crippen LogP contribution in [0.25, 0.3) is 0 Å². The Hall–Kier alpha value is -1.85. The van der Waals surface area contributed by atoms with E-state index in [1.165, 1.54) is 28.6 Å². The third-order valence-corrected chi connectivity index (χ3v) is 7.35. The maximum Gasteiger partial charge on any atom is 0.238 e. The molecule has 10 heteroatoms. The molecule has 0 atom stereocenters. The average Bonchev–Trinajstić information content (AvgIpc) is 2.63. The van der Waals surface area contributed by atoms with Crippen molar-refractivity contribution in [3.63, 3.8) is 0 Å². The molecule has 0 unspecified atom stereocenters. The van der Waals surface area contributed by atoms with Crippen LogP contribution in [0.4, 0.5) is 4.39 Å². The molecular formula is C18H22FN3O4S2. The van der Waals surface area contributed by atoms with Gasteiger partial charge in [0.25, 0.3) is 0 Å². The molecule has 152 valence electrons. The van der Waals surface area contributed by atoms with E-state index >= 15 is 0 Å². The van der Waals surface area contributed by atoms with E-state index in [2.05, 4.69) is 0 Å². The molecule has 0 spiro atoms. The van der Waals surface area contributed by atoms with Crippen LogP contribution in [-0.4, -0.2) is 51.6 Å². The number of hydrogen-bond acceptors (Lipinski definition) is 5. The second kappa shape index (κ2) is 8.26. The van der Waals surface area contributed by atoms with E-state index < -0.39 is 20.0 Å². The van der Waals surface area contributed by atoms with E-state index in [0.29, 0.717) is 19.5 Å². The molecule has 1 saturated heterocycles. The van der Waals surface area contributed by atoms with Crippen molar-refractivity contribution in [1.29, 1.82) is 0 Å². The number of primary sulfonamides is 1. The first kappa shape index (κ1) is 20.9. The van der Waals surface area contributed by atoms with Gasteiger partial charge < -0.3 is 0 Å². The van der Waals surface area contributed by atoms with Gasteiger partial charge in [-0.3, -0.25) is 4.90 Å². The average molecular weight is 428 g/mol. The van der Waals surface area contributed by atoms with Gasteiger partial charge in [-0.15, -0.1) is 0 Å². The van der Waals surface area contributed by atoms with Crippen molar-refractivity contribution in [2.24, 2.45) is 5.14 Å². The highest BCUT2D eigenvalue weighted by molar-refractivity contribution is 7.89. The first-order chi connectivity index (χ1) is 13.1. The lowest BCUT2D eigenvalue weighted by Crippen LogP contribution is -2.50. The molecule has 7 nitrogen and oxygen atoms in total. The van der Waals surface area contributed by atoms with Gasteiger partial charge in [-0.1, -0.05) is 24.3 Å². The second-order valence-electron chi connectivity index (χ2n) is 6.75. The summed E-state index contributed by atoms with van der Waals surface area (Å²) in [6, 6.07) is 12.2. The Balaban J connectivity index is 1.63. The lowest BCUT2D eigenvalue weighted by molar-refractivity contribution is 0.178. The molecule has 0 amide bonds. The fourth-order valence-corrected chi connectivity index (χ4v) is 5.01. The van der Waals surface area contributed by atoms with E-state index in [-0.39, 0.29) is 29.7 Å². The van der Waals surface area contributed by atoms with Gasteiger partial charge in [0.15, 0.2) is 0 Å². The number of benzene rings is 2. The van der Waals surface area contributed by atoms with Crippen LogP contribution in [0.5, 0.6) is 0 Å². The standard InChI is InChI=1S/C18H22FN3O4S2/c19-17-5-1-16(2-6-17)13-21-11-12-27(23,24)22(14-21)10-9-15-3-7-18(8-4-15)28(20,25)26/h1-8H,9-14H2,(H2,20,25,26). The lowest BCUT2D eigenvalue weighted by atomic mass is 10.1. The number of hydrogen-bond donors (Lipinski definition) is 1. The zero-order valence-electron chi connectivity index (χ0n) is 15.2. The topological polar surface area (TPSA) is 101 Å². The molecule has 28 heavy (non-hydrogen) atoms. The maximum absolute atomic E-state index is 13.0. The maximum atomic E-state index is 13.0. The largest absolute Gasteiger partial charge is 0.284 e. The summed E-state index contributed by atoms with van der Waals surface area (Å²) in [5, 5.41) is 5.08. The van der Waals surface area contributed by atoms with Crippen molar-refractivity contribution in [3.05, 3.63) is 65.5 Å². The number of sulfonamides is 2. The molecule has 0 saturated carbocycles. The summed E-state index contributed by atoms with van der Waals surface area (Å²) in [5.41, 5.74) is 1.73. The summed E-state index contributed by atoms with van der Waals surface area (Å²) >= 11 is 0. The summed E-state index contributed by atoms with van der Waals surface area (Å²) in [7, 11) is -7.09. The number of rotatable bonds is 6. The molecule has 1 heterocycles. The summed E-state index contributed by atoms with van der Waals surface area (Å²) < 4.78 is 61.8. The van der Waals surface area contributed by atoms with Gasteiger partial charge >= 0.3 is 0 Å². The van der Waals surface area contributed by atoms with Gasteiger partial charge in [-0.05, 0) is 41.8 Å². The van der Waals surface area contributed by atoms with Crippen LogP contribution < -0.4 is 5.14 Å².